The van der Waals surface area contributed by atoms with Gasteiger partial charge in [0.1, 0.15) is 17.9 Å². The first kappa shape index (κ1) is 15.2. The maximum absolute atomic E-state index is 12.7. The molecule has 1 aromatic rings. The van der Waals surface area contributed by atoms with Crippen LogP contribution < -0.4 is 5.32 Å². The molecule has 1 saturated heterocycles. The molecule has 0 aromatic carbocycles. The van der Waals surface area contributed by atoms with E-state index >= 15 is 0 Å². The molecule has 1 aliphatic heterocycles. The molecule has 1 N–H and O–H groups in total. The molecule has 0 bridgehead atoms. The van der Waals surface area contributed by atoms with E-state index in [-0.39, 0.29) is 5.41 Å². The molecular formula is C15H26N4O. The summed E-state index contributed by atoms with van der Waals surface area (Å²) in [5, 5.41) is 7.58. The highest BCUT2D eigenvalue weighted by molar-refractivity contribution is 5.86. The Morgan fingerprint density at radius 2 is 2.35 bits per heavy atom. The fraction of sp³-hybridized carbons (Fsp3) is 0.800. The van der Waals surface area contributed by atoms with Crippen LogP contribution in [0.25, 0.3) is 0 Å². The lowest BCUT2D eigenvalue weighted by molar-refractivity contribution is -0.127. The lowest BCUT2D eigenvalue weighted by atomic mass is 9.77. The highest BCUT2D eigenvalue weighted by atomic mass is 16.1. The first-order chi connectivity index (χ1) is 9.57. The fourth-order valence-corrected chi connectivity index (χ4v) is 3.07. The van der Waals surface area contributed by atoms with Crippen LogP contribution in [0.1, 0.15) is 45.9 Å². The summed E-state index contributed by atoms with van der Waals surface area (Å²) in [6.45, 7) is 9.03. The van der Waals surface area contributed by atoms with E-state index in [1.807, 2.05) is 4.68 Å². The predicted molar refractivity (Wildman–Crippen MR) is 78.4 cm³/mol. The van der Waals surface area contributed by atoms with Gasteiger partial charge in [0.25, 0.3) is 0 Å². The van der Waals surface area contributed by atoms with E-state index in [0.717, 1.165) is 44.7 Å². The van der Waals surface area contributed by atoms with E-state index < -0.39 is 0 Å². The van der Waals surface area contributed by atoms with Crippen LogP contribution in [0.15, 0.2) is 6.33 Å². The highest BCUT2D eigenvalue weighted by Gasteiger charge is 2.40. The van der Waals surface area contributed by atoms with Gasteiger partial charge >= 0.3 is 0 Å². The summed E-state index contributed by atoms with van der Waals surface area (Å²) < 4.78 is 1.88. The molecule has 5 nitrogen and oxygen atoms in total. The molecular weight excluding hydrogens is 252 g/mol. The Hall–Kier alpha value is -1.23. The van der Waals surface area contributed by atoms with E-state index in [2.05, 4.69) is 36.2 Å². The zero-order valence-corrected chi connectivity index (χ0v) is 12.9. The van der Waals surface area contributed by atoms with E-state index in [1.165, 1.54) is 0 Å². The second kappa shape index (κ2) is 6.48. The van der Waals surface area contributed by atoms with Crippen LogP contribution in [0.4, 0.5) is 0 Å². The summed E-state index contributed by atoms with van der Waals surface area (Å²) in [5.74, 6) is 1.64. The highest BCUT2D eigenvalue weighted by Crippen LogP contribution is 2.33. The van der Waals surface area contributed by atoms with Crippen molar-refractivity contribution in [1.29, 1.82) is 0 Å². The van der Waals surface area contributed by atoms with Crippen LogP contribution in [0.2, 0.25) is 0 Å². The number of Topliss-reactive ketones (excluding diaryl/α,β-unsaturated/α-hetero) is 1. The summed E-state index contributed by atoms with van der Waals surface area (Å²) in [7, 11) is 0. The Kier molecular flexibility index (Phi) is 4.91. The molecule has 1 atom stereocenters. The van der Waals surface area contributed by atoms with Gasteiger partial charge in [-0.05, 0) is 25.3 Å². The molecule has 20 heavy (non-hydrogen) atoms. The predicted octanol–water partition coefficient (Wildman–Crippen LogP) is 1.83. The van der Waals surface area contributed by atoms with Crippen LogP contribution in [0.5, 0.6) is 0 Å². The van der Waals surface area contributed by atoms with Crippen LogP contribution in [-0.4, -0.2) is 33.6 Å². The Morgan fingerprint density at radius 1 is 1.55 bits per heavy atom. The lowest BCUT2D eigenvalue weighted by Gasteiger charge is -2.26. The summed E-state index contributed by atoms with van der Waals surface area (Å²) in [4.78, 5) is 17.0. The van der Waals surface area contributed by atoms with Gasteiger partial charge in [-0.2, -0.15) is 5.10 Å². The van der Waals surface area contributed by atoms with Gasteiger partial charge in [-0.1, -0.05) is 27.2 Å². The number of rotatable bonds is 7. The van der Waals surface area contributed by atoms with Crippen molar-refractivity contribution in [2.45, 2.75) is 53.0 Å². The van der Waals surface area contributed by atoms with Gasteiger partial charge < -0.3 is 5.32 Å². The van der Waals surface area contributed by atoms with Crippen molar-refractivity contribution in [3.63, 3.8) is 0 Å². The number of hydrogen-bond donors (Lipinski definition) is 1. The fourth-order valence-electron chi connectivity index (χ4n) is 3.07. The average molecular weight is 278 g/mol. The van der Waals surface area contributed by atoms with Gasteiger partial charge in [0.2, 0.25) is 0 Å². The number of nitrogens with zero attached hydrogens (tertiary/aromatic N) is 3. The average Bonchev–Trinajstić information content (AvgIpc) is 3.00. The van der Waals surface area contributed by atoms with Crippen molar-refractivity contribution >= 4 is 5.78 Å². The number of nitrogens with one attached hydrogen (secondary N) is 1. The van der Waals surface area contributed by atoms with Gasteiger partial charge in [-0.15, -0.1) is 0 Å². The molecule has 1 aliphatic rings. The van der Waals surface area contributed by atoms with Crippen molar-refractivity contribution in [3.05, 3.63) is 12.2 Å². The third-order valence-electron chi connectivity index (χ3n) is 4.12. The molecule has 0 spiro atoms. The summed E-state index contributed by atoms with van der Waals surface area (Å²) in [6.07, 6.45) is 4.94. The monoisotopic (exact) mass is 278 g/mol. The molecule has 0 aliphatic carbocycles. The standard InChI is InChI=1S/C15H26N4O/c1-4-5-15(6-7-16-10-15)13(20)8-14-17-11-18-19(14)9-12(2)3/h11-12,16H,4-10H2,1-3H3. The van der Waals surface area contributed by atoms with Gasteiger partial charge in [0, 0.05) is 18.5 Å². The van der Waals surface area contributed by atoms with Gasteiger partial charge in [-0.25, -0.2) is 9.67 Å². The minimum Gasteiger partial charge on any atom is -0.316 e. The van der Waals surface area contributed by atoms with Gasteiger partial charge in [-0.3, -0.25) is 4.79 Å². The Morgan fingerprint density at radius 3 is 2.95 bits per heavy atom. The molecule has 1 aromatic heterocycles. The van der Waals surface area contributed by atoms with Crippen LogP contribution >= 0.6 is 0 Å². The Balaban J connectivity index is 2.08. The molecule has 5 heteroatoms. The Labute approximate surface area is 121 Å². The van der Waals surface area contributed by atoms with Crippen molar-refractivity contribution in [2.75, 3.05) is 13.1 Å². The number of ketones is 1. The van der Waals surface area contributed by atoms with Gasteiger partial charge in [0.15, 0.2) is 0 Å². The zero-order chi connectivity index (χ0) is 14.6. The number of hydrogen-bond acceptors (Lipinski definition) is 4. The van der Waals surface area contributed by atoms with E-state index in [4.69, 9.17) is 0 Å². The molecule has 1 unspecified atom stereocenters. The van der Waals surface area contributed by atoms with E-state index in [0.29, 0.717) is 18.1 Å². The van der Waals surface area contributed by atoms with Crippen molar-refractivity contribution in [2.24, 2.45) is 11.3 Å². The molecule has 2 rings (SSSR count). The summed E-state index contributed by atoms with van der Waals surface area (Å²) in [6, 6.07) is 0. The zero-order valence-electron chi connectivity index (χ0n) is 12.9. The van der Waals surface area contributed by atoms with Crippen LogP contribution in [0, 0.1) is 11.3 Å². The molecule has 0 radical (unpaired) electrons. The van der Waals surface area contributed by atoms with Gasteiger partial charge in [0.05, 0.1) is 6.42 Å². The number of carbonyl (C=O) groups is 1. The smallest absolute Gasteiger partial charge is 0.147 e. The van der Waals surface area contributed by atoms with Crippen molar-refractivity contribution < 1.29 is 4.79 Å². The SMILES string of the molecule is CCCC1(C(=O)Cc2ncnn2CC(C)C)CCNC1. The summed E-state index contributed by atoms with van der Waals surface area (Å²) in [5.41, 5.74) is -0.177. The second-order valence-corrected chi connectivity index (χ2v) is 6.31. The molecule has 0 saturated carbocycles. The maximum Gasteiger partial charge on any atom is 0.147 e. The van der Waals surface area contributed by atoms with E-state index in [1.54, 1.807) is 6.33 Å². The topological polar surface area (TPSA) is 59.8 Å². The third kappa shape index (κ3) is 3.26. The molecule has 112 valence electrons. The third-order valence-corrected chi connectivity index (χ3v) is 4.12. The minimum absolute atomic E-state index is 0.177. The molecule has 2 heterocycles. The van der Waals surface area contributed by atoms with Crippen molar-refractivity contribution in [1.82, 2.24) is 20.1 Å². The van der Waals surface area contributed by atoms with E-state index in [9.17, 15) is 4.79 Å². The first-order valence-electron chi connectivity index (χ1n) is 7.68. The quantitative estimate of drug-likeness (QED) is 0.826. The normalized spacial score (nSPS) is 22.6. The lowest BCUT2D eigenvalue weighted by Crippen LogP contribution is -2.35. The number of carbonyl (C=O) groups excluding carboxylic acids is 1. The van der Waals surface area contributed by atoms with Crippen molar-refractivity contribution in [3.8, 4) is 0 Å². The second-order valence-electron chi connectivity index (χ2n) is 6.31. The Bertz CT molecular complexity index is 446. The maximum atomic E-state index is 12.7. The molecule has 1 fully saturated rings. The number of aromatic nitrogens is 3. The van der Waals surface area contributed by atoms with Crippen LogP contribution in [-0.2, 0) is 17.8 Å². The first-order valence-corrected chi connectivity index (χ1v) is 7.68. The summed E-state index contributed by atoms with van der Waals surface area (Å²) >= 11 is 0. The largest absolute Gasteiger partial charge is 0.316 e. The molecule has 0 amide bonds. The minimum atomic E-state index is -0.177. The van der Waals surface area contributed by atoms with Crippen LogP contribution in [0.3, 0.4) is 0 Å².